The van der Waals surface area contributed by atoms with E-state index in [2.05, 4.69) is 5.32 Å². The minimum absolute atomic E-state index is 0.0164. The lowest BCUT2D eigenvalue weighted by atomic mass is 9.99. The molecule has 1 aromatic rings. The van der Waals surface area contributed by atoms with E-state index in [0.29, 0.717) is 17.9 Å². The van der Waals surface area contributed by atoms with Crippen LogP contribution in [-0.4, -0.2) is 11.0 Å². The largest absolute Gasteiger partial charge is 0.388 e. The Kier molecular flexibility index (Phi) is 2.91. The maximum atomic E-state index is 11.3. The van der Waals surface area contributed by atoms with E-state index in [9.17, 15) is 9.90 Å². The average molecular weight is 240 g/mol. The van der Waals surface area contributed by atoms with Gasteiger partial charge in [0.15, 0.2) is 0 Å². The van der Waals surface area contributed by atoms with Gasteiger partial charge in [-0.05, 0) is 36.1 Å². The molecule has 1 atom stereocenters. The number of hydrogen-bond acceptors (Lipinski definition) is 2. The summed E-state index contributed by atoms with van der Waals surface area (Å²) in [4.78, 5) is 11.3. The summed E-state index contributed by atoms with van der Waals surface area (Å²) in [5.74, 6) is -0.0164. The van der Waals surface area contributed by atoms with Gasteiger partial charge in [-0.3, -0.25) is 4.79 Å². The van der Waals surface area contributed by atoms with Crippen LogP contribution in [0.5, 0.6) is 0 Å². The van der Waals surface area contributed by atoms with Crippen molar-refractivity contribution in [3.63, 3.8) is 0 Å². The number of anilines is 1. The van der Waals surface area contributed by atoms with Crippen molar-refractivity contribution < 1.29 is 9.90 Å². The number of aliphatic hydroxyl groups excluding tert-OH is 1. The third-order valence-electron chi connectivity index (χ3n) is 2.97. The molecule has 1 aliphatic heterocycles. The fourth-order valence-electron chi connectivity index (χ4n) is 2.02. The molecule has 0 saturated heterocycles. The normalized spacial score (nSPS) is 15.9. The first-order valence-electron chi connectivity index (χ1n) is 5.34. The fourth-order valence-corrected chi connectivity index (χ4v) is 2.30. The summed E-state index contributed by atoms with van der Waals surface area (Å²) in [5.41, 5.74) is 3.29. The molecule has 1 aliphatic rings. The molecule has 2 rings (SSSR count). The van der Waals surface area contributed by atoms with Gasteiger partial charge >= 0.3 is 0 Å². The van der Waals surface area contributed by atoms with E-state index in [1.165, 1.54) is 0 Å². The lowest BCUT2D eigenvalue weighted by molar-refractivity contribution is -0.115. The highest BCUT2D eigenvalue weighted by molar-refractivity contribution is 6.33. The lowest BCUT2D eigenvalue weighted by Crippen LogP contribution is -2.04. The first-order chi connectivity index (χ1) is 7.54. The zero-order valence-corrected chi connectivity index (χ0v) is 10.1. The van der Waals surface area contributed by atoms with Gasteiger partial charge < -0.3 is 10.4 Å². The highest BCUT2D eigenvalue weighted by Gasteiger charge is 2.24. The van der Waals surface area contributed by atoms with Crippen LogP contribution in [0.4, 0.5) is 5.69 Å². The minimum Gasteiger partial charge on any atom is -0.388 e. The van der Waals surface area contributed by atoms with Gasteiger partial charge in [0.2, 0.25) is 5.91 Å². The number of aliphatic hydroxyl groups is 1. The number of fused-ring (bicyclic) bond motifs is 1. The van der Waals surface area contributed by atoms with Crippen molar-refractivity contribution in [1.82, 2.24) is 0 Å². The summed E-state index contributed by atoms with van der Waals surface area (Å²) in [6.07, 6.45) is 0.419. The molecular weight excluding hydrogens is 226 g/mol. The molecule has 2 N–H and O–H groups in total. The molecule has 1 amide bonds. The summed E-state index contributed by atoms with van der Waals surface area (Å²) in [5, 5.41) is 13.2. The Hall–Kier alpha value is -1.06. The van der Waals surface area contributed by atoms with Crippen LogP contribution in [0.2, 0.25) is 5.02 Å². The lowest BCUT2D eigenvalue weighted by Gasteiger charge is -2.15. The summed E-state index contributed by atoms with van der Waals surface area (Å²) in [6.45, 7) is 3.76. The van der Waals surface area contributed by atoms with Crippen LogP contribution >= 0.6 is 11.6 Å². The second-order valence-electron chi connectivity index (χ2n) is 4.09. The van der Waals surface area contributed by atoms with E-state index in [1.54, 1.807) is 0 Å². The summed E-state index contributed by atoms with van der Waals surface area (Å²) >= 11 is 6.19. The van der Waals surface area contributed by atoms with E-state index in [1.807, 2.05) is 19.9 Å². The van der Waals surface area contributed by atoms with Crippen molar-refractivity contribution in [2.45, 2.75) is 32.8 Å². The third-order valence-corrected chi connectivity index (χ3v) is 3.47. The Balaban J connectivity index is 2.56. The molecule has 0 saturated carbocycles. The van der Waals surface area contributed by atoms with Crippen molar-refractivity contribution in [2.24, 2.45) is 0 Å². The van der Waals surface area contributed by atoms with Crippen molar-refractivity contribution >= 4 is 23.2 Å². The highest BCUT2D eigenvalue weighted by atomic mass is 35.5. The van der Waals surface area contributed by atoms with Crippen LogP contribution in [0.3, 0.4) is 0 Å². The second-order valence-corrected chi connectivity index (χ2v) is 4.47. The summed E-state index contributed by atoms with van der Waals surface area (Å²) < 4.78 is 0. The van der Waals surface area contributed by atoms with Gasteiger partial charge in [0.25, 0.3) is 0 Å². The van der Waals surface area contributed by atoms with Gasteiger partial charge in [0.05, 0.1) is 17.5 Å². The zero-order valence-electron chi connectivity index (χ0n) is 9.30. The summed E-state index contributed by atoms with van der Waals surface area (Å²) in [7, 11) is 0. The molecule has 0 bridgehead atoms. The van der Waals surface area contributed by atoms with E-state index in [-0.39, 0.29) is 5.91 Å². The molecule has 0 aliphatic carbocycles. The van der Waals surface area contributed by atoms with E-state index >= 15 is 0 Å². The smallest absolute Gasteiger partial charge is 0.228 e. The molecule has 0 spiro atoms. The van der Waals surface area contributed by atoms with Crippen molar-refractivity contribution in [3.05, 3.63) is 27.8 Å². The standard InChI is InChI=1S/C12H14ClNO2/c1-3-9(15)8-4-7-5-10(16)14-12(7)6(2)11(8)13/h4,9,15H,3,5H2,1-2H3,(H,14,16). The van der Waals surface area contributed by atoms with Crippen molar-refractivity contribution in [3.8, 4) is 0 Å². The third kappa shape index (κ3) is 1.70. The molecule has 0 fully saturated rings. The Labute approximate surface area is 99.4 Å². The van der Waals surface area contributed by atoms with Crippen LogP contribution in [0.1, 0.15) is 36.1 Å². The maximum absolute atomic E-state index is 11.3. The first-order valence-corrected chi connectivity index (χ1v) is 5.72. The maximum Gasteiger partial charge on any atom is 0.228 e. The van der Waals surface area contributed by atoms with Crippen molar-refractivity contribution in [2.75, 3.05) is 5.32 Å². The van der Waals surface area contributed by atoms with Crippen LogP contribution in [0, 0.1) is 6.92 Å². The van der Waals surface area contributed by atoms with Crippen molar-refractivity contribution in [1.29, 1.82) is 0 Å². The van der Waals surface area contributed by atoms with Gasteiger partial charge in [-0.15, -0.1) is 0 Å². The minimum atomic E-state index is -0.563. The first kappa shape index (κ1) is 11.4. The van der Waals surface area contributed by atoms with Crippen LogP contribution in [0.15, 0.2) is 6.07 Å². The molecule has 3 nitrogen and oxygen atoms in total. The number of carbonyl (C=O) groups is 1. The molecule has 0 aromatic heterocycles. The van der Waals surface area contributed by atoms with Gasteiger partial charge in [-0.1, -0.05) is 18.5 Å². The predicted octanol–water partition coefficient (Wildman–Crippen LogP) is 2.59. The van der Waals surface area contributed by atoms with Crippen LogP contribution in [-0.2, 0) is 11.2 Å². The topological polar surface area (TPSA) is 49.3 Å². The van der Waals surface area contributed by atoms with Gasteiger partial charge in [0.1, 0.15) is 0 Å². The Morgan fingerprint density at radius 3 is 2.94 bits per heavy atom. The average Bonchev–Trinajstić information content (AvgIpc) is 2.63. The molecule has 4 heteroatoms. The molecule has 1 heterocycles. The van der Waals surface area contributed by atoms with Crippen LogP contribution in [0.25, 0.3) is 0 Å². The number of benzene rings is 1. The molecule has 1 unspecified atom stereocenters. The molecule has 86 valence electrons. The number of hydrogen-bond donors (Lipinski definition) is 2. The number of carbonyl (C=O) groups excluding carboxylic acids is 1. The van der Waals surface area contributed by atoms with Gasteiger partial charge in [-0.2, -0.15) is 0 Å². The Bertz CT molecular complexity index is 457. The molecular formula is C12H14ClNO2. The molecule has 1 aromatic carbocycles. The number of amides is 1. The predicted molar refractivity (Wildman–Crippen MR) is 63.8 cm³/mol. The fraction of sp³-hybridized carbons (Fsp3) is 0.417. The molecule has 16 heavy (non-hydrogen) atoms. The quantitative estimate of drug-likeness (QED) is 0.834. The number of halogens is 1. The highest BCUT2D eigenvalue weighted by Crippen LogP contribution is 2.37. The monoisotopic (exact) mass is 239 g/mol. The molecule has 0 radical (unpaired) electrons. The zero-order chi connectivity index (χ0) is 11.9. The summed E-state index contributed by atoms with van der Waals surface area (Å²) in [6, 6.07) is 1.83. The Morgan fingerprint density at radius 2 is 2.31 bits per heavy atom. The Morgan fingerprint density at radius 1 is 1.62 bits per heavy atom. The van der Waals surface area contributed by atoms with E-state index < -0.39 is 6.10 Å². The van der Waals surface area contributed by atoms with Gasteiger partial charge in [-0.25, -0.2) is 0 Å². The van der Waals surface area contributed by atoms with Gasteiger partial charge in [0, 0.05) is 5.69 Å². The van der Waals surface area contributed by atoms with Crippen LogP contribution < -0.4 is 5.32 Å². The van der Waals surface area contributed by atoms with E-state index in [4.69, 9.17) is 11.6 Å². The number of rotatable bonds is 2. The van der Waals surface area contributed by atoms with E-state index in [0.717, 1.165) is 22.4 Å². The number of nitrogens with one attached hydrogen (secondary N) is 1. The SMILES string of the molecule is CCC(O)c1cc2c(c(C)c1Cl)NC(=O)C2. The second kappa shape index (κ2) is 4.07.